The summed E-state index contributed by atoms with van der Waals surface area (Å²) in [6.45, 7) is 0. The number of benzene rings is 2. The van der Waals surface area contributed by atoms with Gasteiger partial charge in [0.2, 0.25) is 0 Å². The van der Waals surface area contributed by atoms with E-state index >= 15 is 0 Å². The summed E-state index contributed by atoms with van der Waals surface area (Å²) in [5, 5.41) is 2.10. The molecule has 4 heteroatoms. The van der Waals surface area contributed by atoms with Crippen molar-refractivity contribution >= 4 is 37.7 Å². The van der Waals surface area contributed by atoms with Crippen LogP contribution < -0.4 is 5.56 Å². The molecule has 0 fully saturated rings. The van der Waals surface area contributed by atoms with Gasteiger partial charge in [-0.1, -0.05) is 34.1 Å². The number of para-hydroxylation sites is 1. The van der Waals surface area contributed by atoms with Gasteiger partial charge in [0.25, 0.3) is 5.56 Å². The van der Waals surface area contributed by atoms with Crippen LogP contribution in [0.5, 0.6) is 0 Å². The highest BCUT2D eigenvalue weighted by molar-refractivity contribution is 9.10. The van der Waals surface area contributed by atoms with Crippen LogP contribution in [0.15, 0.2) is 63.9 Å². The third kappa shape index (κ3) is 2.08. The highest BCUT2D eigenvalue weighted by atomic mass is 79.9. The molecule has 2 aromatic carbocycles. The van der Waals surface area contributed by atoms with Gasteiger partial charge >= 0.3 is 0 Å². The van der Waals surface area contributed by atoms with E-state index in [4.69, 9.17) is 0 Å². The first kappa shape index (κ1) is 12.4. The molecule has 0 aliphatic heterocycles. The van der Waals surface area contributed by atoms with Crippen molar-refractivity contribution in [3.05, 3.63) is 69.4 Å². The number of aromatic amines is 2. The van der Waals surface area contributed by atoms with Crippen molar-refractivity contribution in [2.24, 2.45) is 0 Å². The maximum Gasteiger partial charge on any atom is 0.257 e. The summed E-state index contributed by atoms with van der Waals surface area (Å²) in [6, 6.07) is 17.7. The number of aromatic nitrogens is 2. The van der Waals surface area contributed by atoms with Gasteiger partial charge in [-0.25, -0.2) is 0 Å². The molecule has 0 atom stereocenters. The van der Waals surface area contributed by atoms with E-state index in [1.165, 1.54) is 0 Å². The van der Waals surface area contributed by atoms with Crippen LogP contribution in [0.4, 0.5) is 0 Å². The largest absolute Gasteiger partial charge is 0.354 e. The van der Waals surface area contributed by atoms with Crippen LogP contribution in [0.25, 0.3) is 33.1 Å². The average Bonchev–Trinajstić information content (AvgIpc) is 2.90. The van der Waals surface area contributed by atoms with E-state index in [0.717, 1.165) is 32.0 Å². The molecule has 0 saturated heterocycles. The van der Waals surface area contributed by atoms with Gasteiger partial charge in [0, 0.05) is 26.3 Å². The molecule has 21 heavy (non-hydrogen) atoms. The standard InChI is InChI=1S/C17H11BrN2O/c18-12-5-6-15-11(7-12)8-13(17(21)20-15)16-9-10-3-1-2-4-14(10)19-16/h1-9,19H,(H,20,21). The first-order valence-corrected chi connectivity index (χ1v) is 7.41. The van der Waals surface area contributed by atoms with Crippen molar-refractivity contribution in [2.45, 2.75) is 0 Å². The molecule has 4 aromatic rings. The fraction of sp³-hybridized carbons (Fsp3) is 0. The SMILES string of the molecule is O=c1[nH]c2ccc(Br)cc2cc1-c1cc2ccccc2[nH]1. The van der Waals surface area contributed by atoms with Gasteiger partial charge in [-0.2, -0.15) is 0 Å². The first-order valence-electron chi connectivity index (χ1n) is 6.61. The number of fused-ring (bicyclic) bond motifs is 2. The van der Waals surface area contributed by atoms with Crippen LogP contribution in [0.1, 0.15) is 0 Å². The Kier molecular flexibility index (Phi) is 2.72. The lowest BCUT2D eigenvalue weighted by molar-refractivity contribution is 1.29. The van der Waals surface area contributed by atoms with Crippen molar-refractivity contribution < 1.29 is 0 Å². The number of hydrogen-bond donors (Lipinski definition) is 2. The van der Waals surface area contributed by atoms with Crippen LogP contribution in [-0.2, 0) is 0 Å². The Morgan fingerprint density at radius 2 is 1.62 bits per heavy atom. The van der Waals surface area contributed by atoms with Gasteiger partial charge in [0.05, 0.1) is 11.3 Å². The molecule has 4 rings (SSSR count). The normalized spacial score (nSPS) is 11.3. The van der Waals surface area contributed by atoms with Crippen LogP contribution in [0.2, 0.25) is 0 Å². The highest BCUT2D eigenvalue weighted by Crippen LogP contribution is 2.25. The molecule has 0 bridgehead atoms. The van der Waals surface area contributed by atoms with Gasteiger partial charge in [-0.3, -0.25) is 4.79 Å². The zero-order chi connectivity index (χ0) is 14.4. The lowest BCUT2D eigenvalue weighted by atomic mass is 10.1. The number of pyridine rings is 1. The Labute approximate surface area is 128 Å². The van der Waals surface area contributed by atoms with Crippen LogP contribution >= 0.6 is 15.9 Å². The number of rotatable bonds is 1. The smallest absolute Gasteiger partial charge is 0.257 e. The average molecular weight is 339 g/mol. The van der Waals surface area contributed by atoms with Crippen molar-refractivity contribution in [3.8, 4) is 11.3 Å². The van der Waals surface area contributed by atoms with E-state index in [9.17, 15) is 4.79 Å². The molecule has 2 N–H and O–H groups in total. The summed E-state index contributed by atoms with van der Waals surface area (Å²) in [5.74, 6) is 0. The van der Waals surface area contributed by atoms with Crippen LogP contribution in [0, 0.1) is 0 Å². The quantitative estimate of drug-likeness (QED) is 0.529. The monoisotopic (exact) mass is 338 g/mol. The topological polar surface area (TPSA) is 48.6 Å². The summed E-state index contributed by atoms with van der Waals surface area (Å²) in [4.78, 5) is 18.5. The van der Waals surface area contributed by atoms with Crippen LogP contribution in [0.3, 0.4) is 0 Å². The molecule has 2 heterocycles. The second kappa shape index (κ2) is 4.60. The number of H-pyrrole nitrogens is 2. The predicted octanol–water partition coefficient (Wildman–Crippen LogP) is 4.44. The Balaban J connectivity index is 2.00. The molecule has 102 valence electrons. The zero-order valence-electron chi connectivity index (χ0n) is 11.0. The third-order valence-electron chi connectivity index (χ3n) is 3.63. The third-order valence-corrected chi connectivity index (χ3v) is 4.12. The van der Waals surface area contributed by atoms with Crippen molar-refractivity contribution in [1.29, 1.82) is 0 Å². The molecule has 0 aliphatic carbocycles. The summed E-state index contributed by atoms with van der Waals surface area (Å²) >= 11 is 3.46. The minimum Gasteiger partial charge on any atom is -0.354 e. The molecular weight excluding hydrogens is 328 g/mol. The summed E-state index contributed by atoms with van der Waals surface area (Å²) in [5.41, 5.74) is 3.26. The van der Waals surface area contributed by atoms with E-state index < -0.39 is 0 Å². The molecule has 3 nitrogen and oxygen atoms in total. The summed E-state index contributed by atoms with van der Waals surface area (Å²) in [7, 11) is 0. The van der Waals surface area contributed by atoms with Gasteiger partial charge in [0.1, 0.15) is 0 Å². The van der Waals surface area contributed by atoms with Crippen LogP contribution in [-0.4, -0.2) is 9.97 Å². The number of nitrogens with one attached hydrogen (secondary N) is 2. The second-order valence-corrected chi connectivity index (χ2v) is 5.93. The molecule has 0 radical (unpaired) electrons. The Hall–Kier alpha value is -2.33. The molecule has 0 unspecified atom stereocenters. The first-order chi connectivity index (χ1) is 10.2. The Morgan fingerprint density at radius 1 is 0.810 bits per heavy atom. The van der Waals surface area contributed by atoms with Gasteiger partial charge < -0.3 is 9.97 Å². The molecular formula is C17H11BrN2O. The molecule has 2 aromatic heterocycles. The number of halogens is 1. The lowest BCUT2D eigenvalue weighted by Crippen LogP contribution is -2.08. The predicted molar refractivity (Wildman–Crippen MR) is 89.6 cm³/mol. The highest BCUT2D eigenvalue weighted by Gasteiger charge is 2.08. The Bertz CT molecular complexity index is 997. The zero-order valence-corrected chi connectivity index (χ0v) is 12.6. The van der Waals surface area contributed by atoms with Crippen molar-refractivity contribution in [2.75, 3.05) is 0 Å². The molecule has 0 saturated carbocycles. The van der Waals surface area contributed by atoms with Gasteiger partial charge in [0.15, 0.2) is 0 Å². The maximum atomic E-state index is 12.3. The van der Waals surface area contributed by atoms with Crippen molar-refractivity contribution in [3.63, 3.8) is 0 Å². The lowest BCUT2D eigenvalue weighted by Gasteiger charge is -2.02. The summed E-state index contributed by atoms with van der Waals surface area (Å²) in [6.07, 6.45) is 0. The van der Waals surface area contributed by atoms with E-state index in [1.54, 1.807) is 0 Å². The fourth-order valence-corrected chi connectivity index (χ4v) is 2.97. The number of hydrogen-bond acceptors (Lipinski definition) is 1. The minimum absolute atomic E-state index is 0.0867. The fourth-order valence-electron chi connectivity index (χ4n) is 2.60. The second-order valence-electron chi connectivity index (χ2n) is 5.01. The Morgan fingerprint density at radius 3 is 2.48 bits per heavy atom. The molecule has 0 aliphatic rings. The molecule has 0 amide bonds. The summed E-state index contributed by atoms with van der Waals surface area (Å²) < 4.78 is 0.990. The van der Waals surface area contributed by atoms with E-state index in [2.05, 4.69) is 25.9 Å². The van der Waals surface area contributed by atoms with Gasteiger partial charge in [-0.15, -0.1) is 0 Å². The van der Waals surface area contributed by atoms with E-state index in [0.29, 0.717) is 5.56 Å². The molecule has 0 spiro atoms. The maximum absolute atomic E-state index is 12.3. The minimum atomic E-state index is -0.0867. The van der Waals surface area contributed by atoms with E-state index in [-0.39, 0.29) is 5.56 Å². The van der Waals surface area contributed by atoms with Crippen molar-refractivity contribution in [1.82, 2.24) is 9.97 Å². The van der Waals surface area contributed by atoms with Gasteiger partial charge in [-0.05, 0) is 36.4 Å². The van der Waals surface area contributed by atoms with E-state index in [1.807, 2.05) is 54.6 Å².